The van der Waals surface area contributed by atoms with Gasteiger partial charge in [0.2, 0.25) is 5.95 Å². The summed E-state index contributed by atoms with van der Waals surface area (Å²) in [6.45, 7) is 3.46. The second-order valence-electron chi connectivity index (χ2n) is 6.54. The number of fused-ring (bicyclic) bond motifs is 1. The number of hydrogen-bond donors (Lipinski definition) is 3. The van der Waals surface area contributed by atoms with Crippen LogP contribution in [0.1, 0.15) is 25.7 Å². The van der Waals surface area contributed by atoms with Crippen LogP contribution in [-0.2, 0) is 13.0 Å². The highest BCUT2D eigenvalue weighted by molar-refractivity contribution is 7.14. The fraction of sp³-hybridized carbons (Fsp3) is 0.211. The van der Waals surface area contributed by atoms with Crippen molar-refractivity contribution in [2.45, 2.75) is 19.9 Å². The Morgan fingerprint density at radius 1 is 1.23 bits per heavy atom. The fourth-order valence-corrected chi connectivity index (χ4v) is 4.32. The van der Waals surface area contributed by atoms with Crippen LogP contribution in [0.2, 0.25) is 0 Å². The van der Waals surface area contributed by atoms with E-state index >= 15 is 0 Å². The second-order valence-corrected chi connectivity index (χ2v) is 7.80. The normalized spacial score (nSPS) is 11.7. The summed E-state index contributed by atoms with van der Waals surface area (Å²) in [4.78, 5) is 22.9. The number of carbonyl (C=O) groups is 1. The van der Waals surface area contributed by atoms with Crippen LogP contribution in [0.25, 0.3) is 11.1 Å². The van der Waals surface area contributed by atoms with Crippen molar-refractivity contribution in [1.82, 2.24) is 9.97 Å². The van der Waals surface area contributed by atoms with E-state index in [2.05, 4.69) is 27.0 Å². The molecule has 0 radical (unpaired) electrons. The van der Waals surface area contributed by atoms with E-state index in [1.54, 1.807) is 12.3 Å². The van der Waals surface area contributed by atoms with Gasteiger partial charge in [-0.1, -0.05) is 6.07 Å². The minimum atomic E-state index is -0.884. The largest absolute Gasteiger partial charge is 0.477 e. The number of rotatable bonds is 4. The molecule has 11 heteroatoms. The van der Waals surface area contributed by atoms with Crippen LogP contribution in [0.4, 0.5) is 17.5 Å². The maximum absolute atomic E-state index is 11.2. The van der Waals surface area contributed by atoms with Crippen molar-refractivity contribution in [2.75, 3.05) is 22.9 Å². The minimum absolute atomic E-state index is 0. The molecule has 2 aromatic heterocycles. The molecule has 0 spiro atoms. The van der Waals surface area contributed by atoms with Gasteiger partial charge in [-0.2, -0.15) is 4.98 Å². The van der Waals surface area contributed by atoms with Crippen molar-refractivity contribution in [3.8, 4) is 11.1 Å². The van der Waals surface area contributed by atoms with Crippen LogP contribution in [0, 0.1) is 6.92 Å². The summed E-state index contributed by atoms with van der Waals surface area (Å²) >= 11 is 1.31. The molecule has 3 aromatic rings. The van der Waals surface area contributed by atoms with Gasteiger partial charge in [0, 0.05) is 35.4 Å². The third kappa shape index (κ3) is 4.89. The van der Waals surface area contributed by atoms with E-state index in [9.17, 15) is 9.90 Å². The monoisotopic (exact) mass is 489 g/mol. The lowest BCUT2D eigenvalue weighted by Crippen LogP contribution is -2.21. The summed E-state index contributed by atoms with van der Waals surface area (Å²) in [5, 5.41) is 9.21. The number of carboxylic acids is 1. The van der Waals surface area contributed by atoms with Gasteiger partial charge in [0.1, 0.15) is 10.7 Å². The van der Waals surface area contributed by atoms with Crippen molar-refractivity contribution >= 4 is 72.0 Å². The Kier molecular flexibility index (Phi) is 8.74. The van der Waals surface area contributed by atoms with E-state index in [-0.39, 0.29) is 43.2 Å². The van der Waals surface area contributed by atoms with Crippen LogP contribution in [0.3, 0.4) is 0 Å². The molecule has 7 nitrogen and oxygen atoms in total. The van der Waals surface area contributed by atoms with E-state index in [0.29, 0.717) is 17.2 Å². The van der Waals surface area contributed by atoms with Crippen LogP contribution in [-0.4, -0.2) is 27.6 Å². The van der Waals surface area contributed by atoms with Gasteiger partial charge >= 0.3 is 5.97 Å². The van der Waals surface area contributed by atoms with Crippen molar-refractivity contribution in [3.63, 3.8) is 0 Å². The van der Waals surface area contributed by atoms with Crippen LogP contribution in [0.5, 0.6) is 0 Å². The molecular weight excluding hydrogens is 469 g/mol. The second kappa shape index (κ2) is 10.2. The zero-order valence-electron chi connectivity index (χ0n) is 16.0. The first-order valence-corrected chi connectivity index (χ1v) is 9.33. The van der Waals surface area contributed by atoms with Gasteiger partial charge in [0.25, 0.3) is 0 Å². The zero-order chi connectivity index (χ0) is 19.1. The van der Waals surface area contributed by atoms with Crippen LogP contribution in [0.15, 0.2) is 30.5 Å². The smallest absolute Gasteiger partial charge is 0.345 e. The average Bonchev–Trinajstić information content (AvgIpc) is 3.20. The summed E-state index contributed by atoms with van der Waals surface area (Å²) in [6.07, 6.45) is 2.60. The van der Waals surface area contributed by atoms with E-state index < -0.39 is 5.97 Å². The van der Waals surface area contributed by atoms with Gasteiger partial charge in [-0.15, -0.1) is 48.6 Å². The minimum Gasteiger partial charge on any atom is -0.477 e. The first-order valence-electron chi connectivity index (χ1n) is 8.51. The summed E-state index contributed by atoms with van der Waals surface area (Å²) in [6, 6.07) is 8.03. The molecule has 0 fully saturated rings. The molecule has 4 rings (SSSR count). The summed E-state index contributed by atoms with van der Waals surface area (Å²) < 4.78 is 0. The number of anilines is 3. The first kappa shape index (κ1) is 25.8. The molecule has 0 atom stereocenters. The number of aromatic nitrogens is 2. The third-order valence-electron chi connectivity index (χ3n) is 4.79. The Morgan fingerprint density at radius 3 is 2.60 bits per heavy atom. The Balaban J connectivity index is 0.00000150. The first-order chi connectivity index (χ1) is 12.9. The number of nitrogens with two attached hydrogens (primary N) is 2. The zero-order valence-corrected chi connectivity index (χ0v) is 19.3. The number of hydrogen-bond acceptors (Lipinski definition) is 7. The van der Waals surface area contributed by atoms with Crippen LogP contribution >= 0.6 is 48.6 Å². The molecular formula is C19H22Cl3N5O2S. The number of carboxylic acid groups (broad SMARTS) is 1. The number of aromatic carboxylic acids is 1. The molecule has 1 aliphatic rings. The molecule has 0 aliphatic carbocycles. The number of benzene rings is 1. The molecule has 0 saturated heterocycles. The Bertz CT molecular complexity index is 1060. The van der Waals surface area contributed by atoms with Crippen LogP contribution < -0.4 is 16.4 Å². The summed E-state index contributed by atoms with van der Waals surface area (Å²) in [5.74, 6) is -0.303. The average molecular weight is 491 g/mol. The molecule has 1 aliphatic heterocycles. The lowest BCUT2D eigenvalue weighted by Gasteiger charge is -2.20. The number of thiophene rings is 1. The topological polar surface area (TPSA) is 118 Å². The molecule has 0 bridgehead atoms. The molecule has 0 saturated carbocycles. The van der Waals surface area contributed by atoms with E-state index in [4.69, 9.17) is 11.5 Å². The van der Waals surface area contributed by atoms with E-state index in [0.717, 1.165) is 40.2 Å². The van der Waals surface area contributed by atoms with E-state index in [1.807, 2.05) is 13.0 Å². The molecule has 0 amide bonds. The number of aryl methyl sites for hydroxylation is 1. The predicted octanol–water partition coefficient (Wildman–Crippen LogP) is 4.20. The highest BCUT2D eigenvalue weighted by Crippen LogP contribution is 2.36. The van der Waals surface area contributed by atoms with Gasteiger partial charge in [-0.3, -0.25) is 0 Å². The lowest BCUT2D eigenvalue weighted by molar-refractivity contribution is 0.0702. The SMILES string of the molecule is Cc1sc(C(=O)O)cc1-c1ccc2c(c1)CCN2Cc1cnc(N)nc1N.Cl.Cl.Cl. The van der Waals surface area contributed by atoms with Gasteiger partial charge in [0.05, 0.1) is 0 Å². The highest BCUT2D eigenvalue weighted by atomic mass is 35.5. The number of nitrogen functional groups attached to an aromatic ring is 2. The Hall–Kier alpha value is -2.26. The number of halogens is 3. The molecule has 1 aromatic carbocycles. The van der Waals surface area contributed by atoms with Gasteiger partial charge in [-0.25, -0.2) is 9.78 Å². The predicted molar refractivity (Wildman–Crippen MR) is 129 cm³/mol. The van der Waals surface area contributed by atoms with E-state index in [1.165, 1.54) is 16.9 Å². The Morgan fingerprint density at radius 2 is 1.97 bits per heavy atom. The quantitative estimate of drug-likeness (QED) is 0.501. The molecule has 0 unspecified atom stereocenters. The van der Waals surface area contributed by atoms with Crippen molar-refractivity contribution in [1.29, 1.82) is 0 Å². The van der Waals surface area contributed by atoms with Gasteiger partial charge in [0.15, 0.2) is 0 Å². The maximum atomic E-state index is 11.2. The molecule has 30 heavy (non-hydrogen) atoms. The fourth-order valence-electron chi connectivity index (χ4n) is 3.44. The molecule has 5 N–H and O–H groups in total. The molecule has 162 valence electrons. The lowest BCUT2D eigenvalue weighted by atomic mass is 10.0. The standard InChI is InChI=1S/C19H19N5O2S.3ClH/c1-10-14(7-16(27-10)18(25)26)11-2-3-15-12(6-11)4-5-24(15)9-13-8-22-19(21)23-17(13)20;;;/h2-3,6-8H,4-5,9H2,1H3,(H,25,26)(H4,20,21,22,23);3*1H. The Labute approximate surface area is 196 Å². The van der Waals surface area contributed by atoms with Crippen molar-refractivity contribution in [3.05, 3.63) is 51.3 Å². The third-order valence-corrected chi connectivity index (χ3v) is 5.83. The van der Waals surface area contributed by atoms with Gasteiger partial charge < -0.3 is 21.5 Å². The van der Waals surface area contributed by atoms with Crippen molar-refractivity contribution < 1.29 is 9.90 Å². The number of nitrogens with zero attached hydrogens (tertiary/aromatic N) is 3. The molecule has 3 heterocycles. The summed E-state index contributed by atoms with van der Waals surface area (Å²) in [7, 11) is 0. The van der Waals surface area contributed by atoms with Crippen molar-refractivity contribution in [2.24, 2.45) is 0 Å². The summed E-state index contributed by atoms with van der Waals surface area (Å²) in [5.41, 5.74) is 16.8. The maximum Gasteiger partial charge on any atom is 0.345 e. The highest BCUT2D eigenvalue weighted by Gasteiger charge is 2.22. The van der Waals surface area contributed by atoms with Gasteiger partial charge in [-0.05, 0) is 48.2 Å².